The average Bonchev–Trinajstić information content (AvgIpc) is 3.20. The number of nitrogens with zero attached hydrogens (tertiary/aromatic N) is 1. The predicted octanol–water partition coefficient (Wildman–Crippen LogP) is 0.162. The van der Waals surface area contributed by atoms with Gasteiger partial charge in [-0.05, 0) is 18.4 Å². The lowest BCUT2D eigenvalue weighted by atomic mass is 9.99. The van der Waals surface area contributed by atoms with Crippen molar-refractivity contribution in [2.24, 2.45) is 0 Å². The zero-order valence-corrected chi connectivity index (χ0v) is 15.8. The van der Waals surface area contributed by atoms with E-state index in [4.69, 9.17) is 4.74 Å². The summed E-state index contributed by atoms with van der Waals surface area (Å²) in [6.07, 6.45) is 1.11. The van der Waals surface area contributed by atoms with Crippen molar-refractivity contribution in [2.45, 2.75) is 36.8 Å². The Hall–Kier alpha value is -2.52. The molecule has 1 aromatic carbocycles. The van der Waals surface area contributed by atoms with Gasteiger partial charge in [0, 0.05) is 12.2 Å². The third kappa shape index (κ3) is 3.24. The molecule has 3 aliphatic rings. The van der Waals surface area contributed by atoms with Crippen LogP contribution in [-0.2, 0) is 36.3 Å². The number of aliphatic carboxylic acids is 1. The maximum absolute atomic E-state index is 12.8. The molecule has 0 saturated carbocycles. The number of carbonyl (C=O) groups is 3. The van der Waals surface area contributed by atoms with Gasteiger partial charge in [-0.1, -0.05) is 30.3 Å². The van der Waals surface area contributed by atoms with Crippen molar-refractivity contribution in [1.29, 1.82) is 0 Å². The Morgan fingerprint density at radius 3 is 2.68 bits per heavy atom. The van der Waals surface area contributed by atoms with Crippen molar-refractivity contribution in [3.8, 4) is 0 Å². The summed E-state index contributed by atoms with van der Waals surface area (Å²) in [6.45, 7) is 0.517. The van der Waals surface area contributed by atoms with Gasteiger partial charge in [-0.3, -0.25) is 18.7 Å². The Balaban J connectivity index is 1.53. The maximum Gasteiger partial charge on any atom is 0.352 e. The number of β-lactam (4-membered cyclic amide) rings is 1. The van der Waals surface area contributed by atoms with Crippen LogP contribution in [0.3, 0.4) is 0 Å². The van der Waals surface area contributed by atoms with Crippen molar-refractivity contribution in [1.82, 2.24) is 10.2 Å². The molecular weight excluding hydrogens is 384 g/mol. The fourth-order valence-electron chi connectivity index (χ4n) is 3.91. The average molecular weight is 404 g/mol. The largest absolute Gasteiger partial charge is 0.477 e. The molecule has 2 N–H and O–H groups in total. The van der Waals surface area contributed by atoms with Gasteiger partial charge < -0.3 is 15.2 Å². The normalized spacial score (nSPS) is 29.3. The molecule has 0 aromatic heterocycles. The highest BCUT2D eigenvalue weighted by Crippen LogP contribution is 2.38. The third-order valence-electron chi connectivity index (χ3n) is 5.20. The van der Waals surface area contributed by atoms with Crippen LogP contribution in [0.4, 0.5) is 0 Å². The third-order valence-corrected chi connectivity index (χ3v) is 6.82. The molecule has 2 amide bonds. The number of carboxylic acids is 1. The monoisotopic (exact) mass is 404 g/mol. The molecule has 4 atom stereocenters. The van der Waals surface area contributed by atoms with Crippen molar-refractivity contribution in [3.63, 3.8) is 0 Å². The molecule has 2 saturated heterocycles. The topological polar surface area (TPSA) is 113 Å². The van der Waals surface area contributed by atoms with Crippen LogP contribution in [0.15, 0.2) is 41.6 Å². The number of nitrogens with one attached hydrogen (secondary N) is 1. The number of benzene rings is 1. The summed E-state index contributed by atoms with van der Waals surface area (Å²) < 4.78 is 18.3. The van der Waals surface area contributed by atoms with Crippen LogP contribution < -0.4 is 5.32 Å². The predicted molar refractivity (Wildman–Crippen MR) is 99.4 cm³/mol. The molecule has 4 rings (SSSR count). The number of hydrogen-bond donors (Lipinski definition) is 2. The molecule has 0 bridgehead atoms. The van der Waals surface area contributed by atoms with Gasteiger partial charge in [0.05, 0.1) is 29.1 Å². The van der Waals surface area contributed by atoms with E-state index >= 15 is 0 Å². The molecule has 9 heteroatoms. The first-order chi connectivity index (χ1) is 13.5. The minimum absolute atomic E-state index is 0.0335. The fraction of sp³-hybridized carbons (Fsp3) is 0.421. The molecule has 0 aliphatic carbocycles. The van der Waals surface area contributed by atoms with Crippen LogP contribution in [-0.4, -0.2) is 61.9 Å². The zero-order chi connectivity index (χ0) is 19.8. The summed E-state index contributed by atoms with van der Waals surface area (Å²) in [5.41, 5.74) is 1.05. The van der Waals surface area contributed by atoms with Crippen molar-refractivity contribution >= 4 is 28.6 Å². The molecule has 2 unspecified atom stereocenters. The summed E-state index contributed by atoms with van der Waals surface area (Å²) in [4.78, 5) is 37.8. The van der Waals surface area contributed by atoms with Crippen molar-refractivity contribution in [2.75, 3.05) is 12.4 Å². The van der Waals surface area contributed by atoms with E-state index < -0.39 is 40.2 Å². The molecule has 8 nitrogen and oxygen atoms in total. The molecule has 28 heavy (non-hydrogen) atoms. The van der Waals surface area contributed by atoms with Gasteiger partial charge in [0.25, 0.3) is 5.91 Å². The standard InChI is InChI=1S/C19H20N2O6S/c22-14(9-11-5-2-1-3-6-11)20-15-17(23)21-16(19(24)25)12(10-28(26)18(15)21)13-7-4-8-27-13/h1-3,5-6,13,15,18H,4,7-10H2,(H,20,22)(H,24,25)/t13?,15-,18-,28?/m1/s1. The Kier molecular flexibility index (Phi) is 5.03. The zero-order valence-electron chi connectivity index (χ0n) is 15.0. The van der Waals surface area contributed by atoms with Crippen LogP contribution in [0.5, 0.6) is 0 Å². The van der Waals surface area contributed by atoms with E-state index in [0.717, 1.165) is 16.9 Å². The summed E-state index contributed by atoms with van der Waals surface area (Å²) in [7, 11) is -1.52. The highest BCUT2D eigenvalue weighted by atomic mass is 32.2. The Labute approximate surface area is 164 Å². The lowest BCUT2D eigenvalue weighted by Crippen LogP contribution is -2.74. The molecule has 3 aliphatic heterocycles. The number of hydrogen-bond acceptors (Lipinski definition) is 5. The van der Waals surface area contributed by atoms with E-state index in [1.54, 1.807) is 12.1 Å². The Bertz CT molecular complexity index is 878. The van der Waals surface area contributed by atoms with Crippen molar-refractivity contribution in [3.05, 3.63) is 47.2 Å². The number of rotatable bonds is 5. The first-order valence-corrected chi connectivity index (χ1v) is 10.5. The molecule has 0 spiro atoms. The number of carboxylic acid groups (broad SMARTS) is 1. The Morgan fingerprint density at radius 1 is 1.29 bits per heavy atom. The minimum atomic E-state index is -1.52. The number of carbonyl (C=O) groups excluding carboxylic acids is 2. The smallest absolute Gasteiger partial charge is 0.352 e. The maximum atomic E-state index is 12.8. The number of fused-ring (bicyclic) bond motifs is 1. The highest BCUT2D eigenvalue weighted by Gasteiger charge is 2.57. The molecule has 1 aromatic rings. The van der Waals surface area contributed by atoms with Crippen LogP contribution in [0.2, 0.25) is 0 Å². The second-order valence-corrected chi connectivity index (χ2v) is 8.55. The van der Waals surface area contributed by atoms with E-state index in [2.05, 4.69) is 5.32 Å². The summed E-state index contributed by atoms with van der Waals surface area (Å²) >= 11 is 0. The molecule has 2 fully saturated rings. The lowest BCUT2D eigenvalue weighted by molar-refractivity contribution is -0.151. The van der Waals surface area contributed by atoms with Crippen LogP contribution >= 0.6 is 0 Å². The van der Waals surface area contributed by atoms with Gasteiger partial charge in [-0.25, -0.2) is 4.79 Å². The molecular formula is C19H20N2O6S. The van der Waals surface area contributed by atoms with Gasteiger partial charge in [-0.15, -0.1) is 0 Å². The summed E-state index contributed by atoms with van der Waals surface area (Å²) in [5, 5.41) is 11.4. The van der Waals surface area contributed by atoms with Crippen LogP contribution in [0, 0.1) is 0 Å². The SMILES string of the molecule is O=C(Cc1ccccc1)N[C@@H]1C(=O)N2C(C(=O)O)=C(C3CCCO3)CS(=O)[C@H]12. The number of amides is 2. The van der Waals surface area contributed by atoms with Gasteiger partial charge in [-0.2, -0.15) is 0 Å². The van der Waals surface area contributed by atoms with Gasteiger partial charge in [0.15, 0.2) is 0 Å². The quantitative estimate of drug-likeness (QED) is 0.676. The van der Waals surface area contributed by atoms with E-state index in [0.29, 0.717) is 18.6 Å². The van der Waals surface area contributed by atoms with Gasteiger partial charge >= 0.3 is 5.97 Å². The van der Waals surface area contributed by atoms with E-state index in [1.807, 2.05) is 18.2 Å². The van der Waals surface area contributed by atoms with Crippen LogP contribution in [0.25, 0.3) is 0 Å². The first-order valence-electron chi connectivity index (χ1n) is 9.09. The number of ether oxygens (including phenoxy) is 1. The highest BCUT2D eigenvalue weighted by molar-refractivity contribution is 7.86. The summed E-state index contributed by atoms with van der Waals surface area (Å²) in [5.74, 6) is -2.12. The van der Waals surface area contributed by atoms with E-state index in [1.165, 1.54) is 0 Å². The molecule has 0 radical (unpaired) electrons. The van der Waals surface area contributed by atoms with E-state index in [-0.39, 0.29) is 23.8 Å². The minimum Gasteiger partial charge on any atom is -0.477 e. The lowest BCUT2D eigenvalue weighted by Gasteiger charge is -2.49. The molecule has 148 valence electrons. The van der Waals surface area contributed by atoms with Gasteiger partial charge in [0.1, 0.15) is 17.1 Å². The second kappa shape index (κ2) is 7.48. The summed E-state index contributed by atoms with van der Waals surface area (Å²) in [6, 6.07) is 8.08. The van der Waals surface area contributed by atoms with Crippen LogP contribution in [0.1, 0.15) is 18.4 Å². The first kappa shape index (κ1) is 18.8. The second-order valence-electron chi connectivity index (χ2n) is 7.01. The Morgan fingerprint density at radius 2 is 2.04 bits per heavy atom. The van der Waals surface area contributed by atoms with Crippen molar-refractivity contribution < 1.29 is 28.4 Å². The fourth-order valence-corrected chi connectivity index (χ4v) is 5.64. The van der Waals surface area contributed by atoms with E-state index in [9.17, 15) is 23.7 Å². The molecule has 3 heterocycles. The van der Waals surface area contributed by atoms with Gasteiger partial charge in [0.2, 0.25) is 5.91 Å².